The Kier molecular flexibility index (Phi) is 7.88. The van der Waals surface area contributed by atoms with Gasteiger partial charge in [-0.05, 0) is 19.9 Å². The smallest absolute Gasteiger partial charge is 0.134 e. The zero-order valence-electron chi connectivity index (χ0n) is 11.6. The largest absolute Gasteiger partial charge is 0.380 e. The molecule has 1 aromatic heterocycles. The summed E-state index contributed by atoms with van der Waals surface area (Å²) < 4.78 is 9.42. The van der Waals surface area contributed by atoms with Crippen LogP contribution in [0, 0.1) is 0 Å². The minimum Gasteiger partial charge on any atom is -0.380 e. The molecule has 0 spiro atoms. The zero-order chi connectivity index (χ0) is 13.2. The second kappa shape index (κ2) is 9.24. The summed E-state index contributed by atoms with van der Waals surface area (Å²) in [6.07, 6.45) is 1.11. The van der Waals surface area contributed by atoms with Gasteiger partial charge in [-0.25, -0.2) is 0 Å². The molecule has 5 nitrogen and oxygen atoms in total. The molecule has 0 amide bonds. The van der Waals surface area contributed by atoms with Crippen LogP contribution in [-0.2, 0) is 11.3 Å². The first-order valence-corrected chi connectivity index (χ1v) is 7.44. The molecule has 0 saturated heterocycles. The van der Waals surface area contributed by atoms with Gasteiger partial charge in [-0.3, -0.25) is 4.90 Å². The summed E-state index contributed by atoms with van der Waals surface area (Å²) in [5.74, 6) is 0. The Labute approximate surface area is 114 Å². The van der Waals surface area contributed by atoms with E-state index in [0.29, 0.717) is 0 Å². The summed E-state index contributed by atoms with van der Waals surface area (Å²) in [6, 6.07) is 0. The third-order valence-electron chi connectivity index (χ3n) is 2.67. The molecule has 0 radical (unpaired) electrons. The van der Waals surface area contributed by atoms with Gasteiger partial charge < -0.3 is 10.1 Å². The Balaban J connectivity index is 2.45. The summed E-state index contributed by atoms with van der Waals surface area (Å²) >= 11 is 1.44. The number of ether oxygens (including phenoxy) is 1. The van der Waals surface area contributed by atoms with Gasteiger partial charge in [-0.2, -0.15) is 0 Å². The Morgan fingerprint density at radius 3 is 2.83 bits per heavy atom. The number of aromatic nitrogens is 2. The van der Waals surface area contributed by atoms with E-state index in [1.54, 1.807) is 0 Å². The normalized spacial score (nSPS) is 11.1. The van der Waals surface area contributed by atoms with Gasteiger partial charge in [-0.15, -0.1) is 5.10 Å². The summed E-state index contributed by atoms with van der Waals surface area (Å²) in [7, 11) is 0. The van der Waals surface area contributed by atoms with E-state index in [0.717, 1.165) is 56.5 Å². The molecule has 1 rings (SSSR count). The minimum atomic E-state index is 0.777. The van der Waals surface area contributed by atoms with E-state index in [1.165, 1.54) is 11.5 Å². The standard InChI is InChI=1S/C12H24N4OS/c1-4-7-13-12-11(14-15-18-12)10-16(5-2)8-9-17-6-3/h13H,4-10H2,1-3H3. The molecule has 0 aromatic carbocycles. The highest BCUT2D eigenvalue weighted by Gasteiger charge is 2.11. The van der Waals surface area contributed by atoms with Crippen molar-refractivity contribution in [3.05, 3.63) is 5.69 Å². The van der Waals surface area contributed by atoms with Crippen molar-refractivity contribution < 1.29 is 4.74 Å². The van der Waals surface area contributed by atoms with Gasteiger partial charge >= 0.3 is 0 Å². The Morgan fingerprint density at radius 2 is 2.17 bits per heavy atom. The lowest BCUT2D eigenvalue weighted by atomic mass is 10.3. The molecule has 0 aliphatic heterocycles. The summed E-state index contributed by atoms with van der Waals surface area (Å²) in [4.78, 5) is 2.32. The molecule has 6 heteroatoms. The second-order valence-electron chi connectivity index (χ2n) is 4.04. The van der Waals surface area contributed by atoms with E-state index in [4.69, 9.17) is 4.74 Å². The number of nitrogens with one attached hydrogen (secondary N) is 1. The number of likely N-dealkylation sites (N-methyl/N-ethyl adjacent to an activating group) is 1. The van der Waals surface area contributed by atoms with Crippen LogP contribution in [0.1, 0.15) is 32.9 Å². The van der Waals surface area contributed by atoms with Gasteiger partial charge in [0, 0.05) is 37.8 Å². The SMILES string of the molecule is CCCNc1snnc1CN(CC)CCOCC. The van der Waals surface area contributed by atoms with Crippen molar-refractivity contribution in [3.8, 4) is 0 Å². The molecular weight excluding hydrogens is 248 g/mol. The van der Waals surface area contributed by atoms with E-state index in [-0.39, 0.29) is 0 Å². The number of anilines is 1. The first-order chi connectivity index (χ1) is 8.81. The lowest BCUT2D eigenvalue weighted by Gasteiger charge is -2.19. The molecule has 0 bridgehead atoms. The van der Waals surface area contributed by atoms with Crippen LogP contribution in [0.2, 0.25) is 0 Å². The molecule has 0 aliphatic rings. The lowest BCUT2D eigenvalue weighted by molar-refractivity contribution is 0.112. The highest BCUT2D eigenvalue weighted by molar-refractivity contribution is 7.10. The molecule has 0 atom stereocenters. The van der Waals surface area contributed by atoms with Crippen molar-refractivity contribution in [1.82, 2.24) is 14.5 Å². The maximum absolute atomic E-state index is 5.39. The lowest BCUT2D eigenvalue weighted by Crippen LogP contribution is -2.27. The molecular formula is C12H24N4OS. The van der Waals surface area contributed by atoms with Crippen molar-refractivity contribution in [2.24, 2.45) is 0 Å². The molecule has 1 heterocycles. The molecule has 0 unspecified atom stereocenters. The third-order valence-corrected chi connectivity index (χ3v) is 3.39. The number of hydrogen-bond donors (Lipinski definition) is 1. The Hall–Kier alpha value is -0.720. The topological polar surface area (TPSA) is 50.3 Å². The first kappa shape index (κ1) is 15.3. The van der Waals surface area contributed by atoms with Gasteiger partial charge in [0.15, 0.2) is 0 Å². The average Bonchev–Trinajstić information content (AvgIpc) is 2.82. The van der Waals surface area contributed by atoms with E-state index < -0.39 is 0 Å². The molecule has 0 aliphatic carbocycles. The molecule has 18 heavy (non-hydrogen) atoms. The van der Waals surface area contributed by atoms with Crippen molar-refractivity contribution >= 4 is 16.5 Å². The van der Waals surface area contributed by atoms with Gasteiger partial charge in [0.2, 0.25) is 0 Å². The summed E-state index contributed by atoms with van der Waals surface area (Å²) in [5, 5.41) is 8.69. The van der Waals surface area contributed by atoms with Gasteiger partial charge in [0.25, 0.3) is 0 Å². The monoisotopic (exact) mass is 272 g/mol. The van der Waals surface area contributed by atoms with Crippen LogP contribution in [0.25, 0.3) is 0 Å². The molecule has 104 valence electrons. The minimum absolute atomic E-state index is 0.777. The molecule has 1 aromatic rings. The third kappa shape index (κ3) is 5.29. The Morgan fingerprint density at radius 1 is 1.33 bits per heavy atom. The van der Waals surface area contributed by atoms with Crippen molar-refractivity contribution in [2.75, 3.05) is 38.2 Å². The van der Waals surface area contributed by atoms with E-state index >= 15 is 0 Å². The predicted octanol–water partition coefficient (Wildman–Crippen LogP) is 2.22. The average molecular weight is 272 g/mol. The maximum Gasteiger partial charge on any atom is 0.134 e. The maximum atomic E-state index is 5.39. The number of rotatable bonds is 10. The highest BCUT2D eigenvalue weighted by atomic mass is 32.1. The second-order valence-corrected chi connectivity index (χ2v) is 4.80. The van der Waals surface area contributed by atoms with Crippen molar-refractivity contribution in [2.45, 2.75) is 33.7 Å². The summed E-state index contributed by atoms with van der Waals surface area (Å²) in [6.45, 7) is 11.6. The highest BCUT2D eigenvalue weighted by Crippen LogP contribution is 2.19. The fraction of sp³-hybridized carbons (Fsp3) is 0.833. The van der Waals surface area contributed by atoms with E-state index in [1.807, 2.05) is 6.92 Å². The van der Waals surface area contributed by atoms with Crippen molar-refractivity contribution in [3.63, 3.8) is 0 Å². The van der Waals surface area contributed by atoms with Gasteiger partial charge in [0.1, 0.15) is 10.7 Å². The molecule has 0 saturated carbocycles. The van der Waals surface area contributed by atoms with Crippen molar-refractivity contribution in [1.29, 1.82) is 0 Å². The summed E-state index contributed by atoms with van der Waals surface area (Å²) in [5.41, 5.74) is 1.05. The Bertz CT molecular complexity index is 319. The van der Waals surface area contributed by atoms with Crippen LogP contribution < -0.4 is 5.32 Å². The van der Waals surface area contributed by atoms with Gasteiger partial charge in [0.05, 0.1) is 6.61 Å². The molecule has 0 fully saturated rings. The van der Waals surface area contributed by atoms with Crippen LogP contribution >= 0.6 is 11.5 Å². The number of hydrogen-bond acceptors (Lipinski definition) is 6. The van der Waals surface area contributed by atoms with Crippen LogP contribution in [0.15, 0.2) is 0 Å². The fourth-order valence-electron chi connectivity index (χ4n) is 1.58. The first-order valence-electron chi connectivity index (χ1n) is 6.66. The predicted molar refractivity (Wildman–Crippen MR) is 76.1 cm³/mol. The van der Waals surface area contributed by atoms with Gasteiger partial charge in [-0.1, -0.05) is 18.3 Å². The van der Waals surface area contributed by atoms with Crippen LogP contribution in [0.5, 0.6) is 0 Å². The van der Waals surface area contributed by atoms with Crippen LogP contribution in [0.4, 0.5) is 5.00 Å². The van der Waals surface area contributed by atoms with E-state index in [2.05, 4.69) is 33.7 Å². The number of nitrogens with zero attached hydrogens (tertiary/aromatic N) is 3. The van der Waals surface area contributed by atoms with E-state index in [9.17, 15) is 0 Å². The zero-order valence-corrected chi connectivity index (χ0v) is 12.4. The fourth-order valence-corrected chi connectivity index (χ4v) is 2.18. The van der Waals surface area contributed by atoms with Crippen LogP contribution in [0.3, 0.4) is 0 Å². The molecule has 1 N–H and O–H groups in total. The van der Waals surface area contributed by atoms with Crippen LogP contribution in [-0.4, -0.2) is 47.3 Å². The quantitative estimate of drug-likeness (QED) is 0.662.